The Kier molecular flexibility index (Phi) is 4.56. The van der Waals surface area contributed by atoms with Crippen molar-refractivity contribution in [1.82, 2.24) is 4.98 Å². The molecule has 0 aromatic carbocycles. The van der Waals surface area contributed by atoms with Gasteiger partial charge < -0.3 is 0 Å². The standard InChI is InChI=1S/C6H5BrFN.ClH/c7-3-6-2-1-5(8)4-9-6;/h1-2,4H,3H2;1H. The Morgan fingerprint density at radius 1 is 1.50 bits per heavy atom. The van der Waals surface area contributed by atoms with Crippen molar-refractivity contribution in [1.29, 1.82) is 0 Å². The first-order chi connectivity index (χ1) is 4.33. The summed E-state index contributed by atoms with van der Waals surface area (Å²) in [5.74, 6) is -0.292. The molecule has 0 radical (unpaired) electrons. The number of rotatable bonds is 1. The first-order valence-electron chi connectivity index (χ1n) is 2.49. The van der Waals surface area contributed by atoms with Gasteiger partial charge in [-0.1, -0.05) is 15.9 Å². The number of pyridine rings is 1. The maximum absolute atomic E-state index is 12.1. The number of aromatic nitrogens is 1. The maximum Gasteiger partial charge on any atom is 0.141 e. The molecular weight excluding hydrogens is 220 g/mol. The molecule has 0 saturated heterocycles. The molecular formula is C6H6BrClFN. The molecule has 0 aliphatic rings. The lowest BCUT2D eigenvalue weighted by Gasteiger charge is -1.90. The molecule has 0 aliphatic heterocycles. The fraction of sp³-hybridized carbons (Fsp3) is 0.167. The van der Waals surface area contributed by atoms with Crippen molar-refractivity contribution in [2.75, 3.05) is 0 Å². The fourth-order valence-electron chi connectivity index (χ4n) is 0.485. The lowest BCUT2D eigenvalue weighted by atomic mass is 10.4. The summed E-state index contributed by atoms with van der Waals surface area (Å²) in [6.07, 6.45) is 1.20. The Bertz CT molecular complexity index is 189. The van der Waals surface area contributed by atoms with Gasteiger partial charge in [0.1, 0.15) is 5.82 Å². The molecule has 56 valence electrons. The summed E-state index contributed by atoms with van der Waals surface area (Å²) < 4.78 is 12.1. The smallest absolute Gasteiger partial charge is 0.141 e. The highest BCUT2D eigenvalue weighted by Gasteiger charge is 1.90. The molecule has 0 spiro atoms. The third kappa shape index (κ3) is 2.62. The molecule has 10 heavy (non-hydrogen) atoms. The summed E-state index contributed by atoms with van der Waals surface area (Å²) in [7, 11) is 0. The van der Waals surface area contributed by atoms with E-state index in [9.17, 15) is 4.39 Å². The highest BCUT2D eigenvalue weighted by atomic mass is 79.9. The summed E-state index contributed by atoms with van der Waals surface area (Å²) in [5, 5.41) is 0.674. The second-order valence-electron chi connectivity index (χ2n) is 1.60. The van der Waals surface area contributed by atoms with E-state index < -0.39 is 0 Å². The van der Waals surface area contributed by atoms with Crippen LogP contribution in [0, 0.1) is 5.82 Å². The molecule has 0 N–H and O–H groups in total. The lowest BCUT2D eigenvalue weighted by molar-refractivity contribution is 0.620. The molecule has 1 rings (SSSR count). The molecule has 0 amide bonds. The van der Waals surface area contributed by atoms with Gasteiger partial charge in [0.2, 0.25) is 0 Å². The minimum atomic E-state index is -0.292. The summed E-state index contributed by atoms with van der Waals surface area (Å²) >= 11 is 3.20. The number of hydrogen-bond acceptors (Lipinski definition) is 1. The Morgan fingerprint density at radius 2 is 2.20 bits per heavy atom. The summed E-state index contributed by atoms with van der Waals surface area (Å²) in [5.41, 5.74) is 0.844. The number of halogens is 3. The maximum atomic E-state index is 12.1. The van der Waals surface area contributed by atoms with E-state index in [1.807, 2.05) is 0 Å². The van der Waals surface area contributed by atoms with E-state index in [4.69, 9.17) is 0 Å². The molecule has 0 atom stereocenters. The van der Waals surface area contributed by atoms with Gasteiger partial charge in [0.05, 0.1) is 11.9 Å². The first-order valence-corrected chi connectivity index (χ1v) is 3.61. The van der Waals surface area contributed by atoms with Crippen LogP contribution in [-0.2, 0) is 5.33 Å². The quantitative estimate of drug-likeness (QED) is 0.671. The van der Waals surface area contributed by atoms with Gasteiger partial charge in [-0.2, -0.15) is 0 Å². The Morgan fingerprint density at radius 3 is 2.60 bits per heavy atom. The number of nitrogens with zero attached hydrogens (tertiary/aromatic N) is 1. The van der Waals surface area contributed by atoms with E-state index >= 15 is 0 Å². The van der Waals surface area contributed by atoms with Crippen LogP contribution in [0.15, 0.2) is 18.3 Å². The van der Waals surface area contributed by atoms with Crippen LogP contribution >= 0.6 is 28.3 Å². The fourth-order valence-corrected chi connectivity index (χ4v) is 0.817. The van der Waals surface area contributed by atoms with Crippen LogP contribution in [0.3, 0.4) is 0 Å². The van der Waals surface area contributed by atoms with E-state index in [1.54, 1.807) is 6.07 Å². The van der Waals surface area contributed by atoms with Crippen LogP contribution in [0.25, 0.3) is 0 Å². The van der Waals surface area contributed by atoms with E-state index in [0.29, 0.717) is 5.33 Å². The van der Waals surface area contributed by atoms with Crippen LogP contribution in [0.1, 0.15) is 5.69 Å². The van der Waals surface area contributed by atoms with Crippen molar-refractivity contribution in [3.8, 4) is 0 Å². The largest absolute Gasteiger partial charge is 0.257 e. The second kappa shape index (κ2) is 4.63. The molecule has 1 aromatic rings. The molecule has 0 bridgehead atoms. The third-order valence-electron chi connectivity index (χ3n) is 0.926. The predicted octanol–water partition coefficient (Wildman–Crippen LogP) is 2.54. The van der Waals surface area contributed by atoms with Gasteiger partial charge in [-0.25, -0.2) is 4.39 Å². The molecule has 0 unspecified atom stereocenters. The highest BCUT2D eigenvalue weighted by Crippen LogP contribution is 2.01. The topological polar surface area (TPSA) is 12.9 Å². The molecule has 0 fully saturated rings. The van der Waals surface area contributed by atoms with Gasteiger partial charge in [0.15, 0.2) is 0 Å². The van der Waals surface area contributed by atoms with Crippen LogP contribution in [0.5, 0.6) is 0 Å². The molecule has 1 nitrogen and oxygen atoms in total. The van der Waals surface area contributed by atoms with Gasteiger partial charge in [-0.05, 0) is 12.1 Å². The summed E-state index contributed by atoms with van der Waals surface area (Å²) in [6, 6.07) is 3.04. The SMILES string of the molecule is Cl.Fc1ccc(CBr)nc1. The van der Waals surface area contributed by atoms with Crippen LogP contribution in [0.4, 0.5) is 4.39 Å². The number of alkyl halides is 1. The van der Waals surface area contributed by atoms with Crippen molar-refractivity contribution in [3.63, 3.8) is 0 Å². The minimum Gasteiger partial charge on any atom is -0.257 e. The molecule has 4 heteroatoms. The Labute approximate surface area is 73.2 Å². The minimum absolute atomic E-state index is 0. The third-order valence-corrected chi connectivity index (χ3v) is 1.50. The van der Waals surface area contributed by atoms with Crippen molar-refractivity contribution >= 4 is 28.3 Å². The molecule has 1 aromatic heterocycles. The summed E-state index contributed by atoms with van der Waals surface area (Å²) in [4.78, 5) is 3.77. The van der Waals surface area contributed by atoms with E-state index in [0.717, 1.165) is 5.69 Å². The zero-order valence-electron chi connectivity index (χ0n) is 5.05. The monoisotopic (exact) mass is 225 g/mol. The van der Waals surface area contributed by atoms with E-state index in [2.05, 4.69) is 20.9 Å². The Hall–Kier alpha value is -0.150. The lowest BCUT2D eigenvalue weighted by Crippen LogP contribution is -1.83. The molecule has 0 aliphatic carbocycles. The highest BCUT2D eigenvalue weighted by molar-refractivity contribution is 9.08. The average Bonchev–Trinajstić information content (AvgIpc) is 1.90. The van der Waals surface area contributed by atoms with Gasteiger partial charge in [0.25, 0.3) is 0 Å². The van der Waals surface area contributed by atoms with Gasteiger partial charge in [-0.15, -0.1) is 12.4 Å². The first kappa shape index (κ1) is 9.85. The zero-order valence-corrected chi connectivity index (χ0v) is 7.45. The second-order valence-corrected chi connectivity index (χ2v) is 2.16. The Balaban J connectivity index is 0.000000810. The van der Waals surface area contributed by atoms with E-state index in [-0.39, 0.29) is 18.2 Å². The molecule has 1 heterocycles. The summed E-state index contributed by atoms with van der Waals surface area (Å²) in [6.45, 7) is 0. The average molecular weight is 226 g/mol. The van der Waals surface area contributed by atoms with E-state index in [1.165, 1.54) is 12.3 Å². The van der Waals surface area contributed by atoms with Crippen molar-refractivity contribution in [2.24, 2.45) is 0 Å². The van der Waals surface area contributed by atoms with Crippen molar-refractivity contribution in [3.05, 3.63) is 29.8 Å². The van der Waals surface area contributed by atoms with Crippen molar-refractivity contribution < 1.29 is 4.39 Å². The molecule has 0 saturated carbocycles. The zero-order chi connectivity index (χ0) is 6.69. The predicted molar refractivity (Wildman–Crippen MR) is 44.1 cm³/mol. The van der Waals surface area contributed by atoms with Gasteiger partial charge >= 0.3 is 0 Å². The van der Waals surface area contributed by atoms with Gasteiger partial charge in [-0.3, -0.25) is 4.98 Å². The normalized spacial score (nSPS) is 8.60. The number of hydrogen-bond donors (Lipinski definition) is 0. The van der Waals surface area contributed by atoms with Crippen LogP contribution in [0.2, 0.25) is 0 Å². The van der Waals surface area contributed by atoms with Gasteiger partial charge in [0, 0.05) is 5.33 Å². The van der Waals surface area contributed by atoms with Crippen LogP contribution in [-0.4, -0.2) is 4.98 Å². The van der Waals surface area contributed by atoms with Crippen molar-refractivity contribution in [2.45, 2.75) is 5.33 Å². The van der Waals surface area contributed by atoms with Crippen LogP contribution < -0.4 is 0 Å².